The fourth-order valence-corrected chi connectivity index (χ4v) is 0.596. The fraction of sp³-hybridized carbons (Fsp3) is 1.00. The number of rotatable bonds is 5. The van der Waals surface area contributed by atoms with Crippen LogP contribution in [0.4, 0.5) is 0 Å². The van der Waals surface area contributed by atoms with E-state index in [9.17, 15) is 5.26 Å². The summed E-state index contributed by atoms with van der Waals surface area (Å²) in [5, 5.41) is 17.9. The first-order valence-corrected chi connectivity index (χ1v) is 3.56. The van der Waals surface area contributed by atoms with Crippen molar-refractivity contribution in [3.63, 3.8) is 0 Å². The summed E-state index contributed by atoms with van der Waals surface area (Å²) < 4.78 is 7.83. The molecule has 0 aromatic carbocycles. The zero-order chi connectivity index (χ0) is 7.11. The summed E-state index contributed by atoms with van der Waals surface area (Å²) in [6.45, 7) is 0.0458. The first kappa shape index (κ1) is 14.1. The molecule has 4 nitrogen and oxygen atoms in total. The minimum Gasteiger partial charge on any atom is -0.718 e. The summed E-state index contributed by atoms with van der Waals surface area (Å²) in [6, 6.07) is 0. The first-order chi connectivity index (χ1) is 4.31. The van der Waals surface area contributed by atoms with E-state index in [4.69, 9.17) is 16.7 Å². The van der Waals surface area contributed by atoms with Gasteiger partial charge in [0.25, 0.3) is 0 Å². The summed E-state index contributed by atoms with van der Waals surface area (Å²) in [4.78, 5) is 0. The molecular weight excluding hydrogens is 189 g/mol. The van der Waals surface area contributed by atoms with Gasteiger partial charge in [0.15, 0.2) is 0 Å². The molecule has 0 aromatic heterocycles. The summed E-state index contributed by atoms with van der Waals surface area (Å²) in [5.74, 6) is 0.101. The maximum atomic E-state index is 9.27. The first-order valence-electron chi connectivity index (χ1n) is 2.21. The van der Waals surface area contributed by atoms with Gasteiger partial charge in [0.05, 0.1) is 18.6 Å². The molecule has 1 N–H and O–H groups in total. The molecule has 0 radical (unpaired) electrons. The Morgan fingerprint density at radius 2 is 2.30 bits per heavy atom. The van der Waals surface area contributed by atoms with E-state index in [1.54, 1.807) is 0 Å². The van der Waals surface area contributed by atoms with Gasteiger partial charge in [0.1, 0.15) is 9.03 Å². The smallest absolute Gasteiger partial charge is 0.718 e. The van der Waals surface area contributed by atoms with Crippen molar-refractivity contribution in [1.82, 2.24) is 0 Å². The monoisotopic (exact) mass is 196 g/mol. The van der Waals surface area contributed by atoms with Crippen LogP contribution in [0.25, 0.3) is 0 Å². The maximum Gasteiger partial charge on any atom is 1.00 e. The quantitative estimate of drug-likeness (QED) is 0.123. The van der Waals surface area contributed by atoms with Gasteiger partial charge >= 0.3 is 29.6 Å². The molecule has 2 atom stereocenters. The standard InChI is InChI=1S/C3H8ClO4P.Na/c4-1-3(5)2-7-9-8-6;/h3,5-6,9H,1-2H2;/q;+1/p-1. The molecule has 10 heavy (non-hydrogen) atoms. The van der Waals surface area contributed by atoms with Gasteiger partial charge in [-0.2, -0.15) is 0 Å². The van der Waals surface area contributed by atoms with E-state index < -0.39 is 15.1 Å². The Bertz CT molecular complexity index is 68.5. The van der Waals surface area contributed by atoms with E-state index in [1.165, 1.54) is 0 Å². The summed E-state index contributed by atoms with van der Waals surface area (Å²) in [7, 11) is -0.564. The van der Waals surface area contributed by atoms with Gasteiger partial charge < -0.3 is 19.6 Å². The Labute approximate surface area is 88.0 Å². The van der Waals surface area contributed by atoms with Crippen LogP contribution in [0.5, 0.6) is 0 Å². The number of halogens is 1. The molecule has 0 aliphatic rings. The SMILES string of the molecule is [Na+].[O-]OPOCC(O)CCl. The van der Waals surface area contributed by atoms with Crippen molar-refractivity contribution in [2.45, 2.75) is 6.10 Å². The van der Waals surface area contributed by atoms with Gasteiger partial charge in [-0.15, -0.1) is 11.6 Å². The predicted molar refractivity (Wildman–Crippen MR) is 32.1 cm³/mol. The van der Waals surface area contributed by atoms with Crippen LogP contribution >= 0.6 is 20.6 Å². The summed E-state index contributed by atoms with van der Waals surface area (Å²) >= 11 is 5.19. The van der Waals surface area contributed by atoms with Gasteiger partial charge in [0.2, 0.25) is 0 Å². The van der Waals surface area contributed by atoms with E-state index >= 15 is 0 Å². The molecule has 0 aromatic rings. The van der Waals surface area contributed by atoms with Gasteiger partial charge in [-0.25, -0.2) is 0 Å². The summed E-state index contributed by atoms with van der Waals surface area (Å²) in [6.07, 6.45) is -0.714. The Hall–Kier alpha value is 1.56. The van der Waals surface area contributed by atoms with Gasteiger partial charge in [-0.05, 0) is 0 Å². The number of hydrogen-bond acceptors (Lipinski definition) is 4. The summed E-state index contributed by atoms with van der Waals surface area (Å²) in [5.41, 5.74) is 0. The van der Waals surface area contributed by atoms with E-state index in [1.807, 2.05) is 0 Å². The fourth-order valence-electron chi connectivity index (χ4n) is 0.199. The average molecular weight is 197 g/mol. The van der Waals surface area contributed by atoms with Crippen LogP contribution in [0.2, 0.25) is 0 Å². The number of hydrogen-bond donors (Lipinski definition) is 1. The zero-order valence-corrected chi connectivity index (χ0v) is 9.30. The van der Waals surface area contributed by atoms with Crippen molar-refractivity contribution in [1.29, 1.82) is 0 Å². The Balaban J connectivity index is 0. The third-order valence-electron chi connectivity index (χ3n) is 0.547. The van der Waals surface area contributed by atoms with E-state index in [0.717, 1.165) is 0 Å². The van der Waals surface area contributed by atoms with Crippen LogP contribution in [0.1, 0.15) is 0 Å². The molecule has 0 fully saturated rings. The third kappa shape index (κ3) is 9.56. The Morgan fingerprint density at radius 3 is 2.70 bits per heavy atom. The Morgan fingerprint density at radius 1 is 1.70 bits per heavy atom. The second-order valence-corrected chi connectivity index (χ2v) is 2.22. The average Bonchev–Trinajstić information content (AvgIpc) is 1.89. The van der Waals surface area contributed by atoms with Gasteiger partial charge in [0, 0.05) is 0 Å². The second kappa shape index (κ2) is 10.6. The molecule has 0 heterocycles. The molecule has 0 amide bonds. The van der Waals surface area contributed by atoms with Crippen molar-refractivity contribution in [3.05, 3.63) is 0 Å². The molecule has 0 bridgehead atoms. The van der Waals surface area contributed by atoms with Crippen LogP contribution in [0, 0.1) is 0 Å². The number of aliphatic hydroxyl groups is 1. The van der Waals surface area contributed by atoms with E-state index in [0.29, 0.717) is 0 Å². The second-order valence-electron chi connectivity index (χ2n) is 1.29. The maximum absolute atomic E-state index is 9.27. The molecule has 0 saturated heterocycles. The van der Waals surface area contributed by atoms with Gasteiger partial charge in [-0.1, -0.05) is 0 Å². The van der Waals surface area contributed by atoms with Crippen molar-refractivity contribution in [2.75, 3.05) is 12.5 Å². The molecule has 2 unspecified atom stereocenters. The van der Waals surface area contributed by atoms with Crippen LogP contribution in [0.15, 0.2) is 0 Å². The topological polar surface area (TPSA) is 61.8 Å². The van der Waals surface area contributed by atoms with E-state index in [2.05, 4.69) is 9.20 Å². The molecule has 0 aliphatic carbocycles. The Kier molecular flexibility index (Phi) is 14.9. The molecule has 0 aliphatic heterocycles. The van der Waals surface area contributed by atoms with Crippen LogP contribution in [-0.2, 0) is 9.20 Å². The minimum atomic E-state index is -0.714. The normalized spacial score (nSPS) is 13.5. The molecule has 56 valence electrons. The molecular formula is C3H7ClNaO4P. The van der Waals surface area contributed by atoms with Crippen molar-refractivity contribution >= 4 is 20.6 Å². The van der Waals surface area contributed by atoms with Crippen molar-refractivity contribution in [2.24, 2.45) is 0 Å². The van der Waals surface area contributed by atoms with Crippen molar-refractivity contribution in [3.8, 4) is 0 Å². The molecule has 7 heteroatoms. The number of aliphatic hydroxyl groups excluding tert-OH is 1. The van der Waals surface area contributed by atoms with Crippen molar-refractivity contribution < 1.29 is 49.1 Å². The van der Waals surface area contributed by atoms with Crippen LogP contribution in [-0.4, -0.2) is 23.7 Å². The predicted octanol–water partition coefficient (Wildman–Crippen LogP) is -3.59. The van der Waals surface area contributed by atoms with Crippen LogP contribution in [0.3, 0.4) is 0 Å². The van der Waals surface area contributed by atoms with E-state index in [-0.39, 0.29) is 42.0 Å². The zero-order valence-electron chi connectivity index (χ0n) is 5.54. The molecule has 0 spiro atoms. The van der Waals surface area contributed by atoms with Gasteiger partial charge in [-0.3, -0.25) is 0 Å². The molecule has 0 rings (SSSR count). The third-order valence-corrected chi connectivity index (χ3v) is 1.26. The minimum absolute atomic E-state index is 0. The van der Waals surface area contributed by atoms with Crippen LogP contribution < -0.4 is 34.8 Å². The molecule has 0 saturated carbocycles. The largest absolute Gasteiger partial charge is 1.00 e. The number of alkyl halides is 1.